The van der Waals surface area contributed by atoms with Gasteiger partial charge in [-0.2, -0.15) is 16.9 Å². The second-order valence-electron chi connectivity index (χ2n) is 10.1. The van der Waals surface area contributed by atoms with Gasteiger partial charge in [0.05, 0.1) is 11.2 Å². The SMILES string of the molecule is C.CC(C)(C)n1nc(CF)cc1C1[C@H]2CC(N3CCC4(CSC4)C3)C[C@@H]12.FCF.O.O. The summed E-state index contributed by atoms with van der Waals surface area (Å²) in [5.41, 5.74) is 2.51. The Kier molecular flexibility index (Phi) is 9.52. The molecule has 0 bridgehead atoms. The van der Waals surface area contributed by atoms with E-state index in [1.54, 1.807) is 0 Å². The van der Waals surface area contributed by atoms with Crippen molar-refractivity contribution < 1.29 is 24.1 Å². The lowest BCUT2D eigenvalue weighted by Crippen LogP contribution is -2.41. The van der Waals surface area contributed by atoms with Crippen LogP contribution in [0.15, 0.2) is 6.07 Å². The molecule has 2 unspecified atom stereocenters. The molecule has 1 spiro atoms. The highest BCUT2D eigenvalue weighted by Gasteiger charge is 2.60. The minimum Gasteiger partial charge on any atom is -0.412 e. The van der Waals surface area contributed by atoms with Crippen molar-refractivity contribution in [1.82, 2.24) is 14.7 Å². The molecule has 3 heterocycles. The first kappa shape index (κ1) is 28.3. The van der Waals surface area contributed by atoms with Crippen LogP contribution in [0.2, 0.25) is 0 Å². The Morgan fingerprint density at radius 2 is 1.71 bits per heavy atom. The van der Waals surface area contributed by atoms with E-state index in [0.717, 1.165) is 17.9 Å². The summed E-state index contributed by atoms with van der Waals surface area (Å²) in [5.74, 6) is 5.02. The molecule has 31 heavy (non-hydrogen) atoms. The van der Waals surface area contributed by atoms with Crippen molar-refractivity contribution in [2.24, 2.45) is 17.3 Å². The molecule has 0 aromatic carbocycles. The van der Waals surface area contributed by atoms with Crippen molar-refractivity contribution in [2.75, 3.05) is 31.5 Å². The highest BCUT2D eigenvalue weighted by Crippen LogP contribution is 2.64. The second kappa shape index (κ2) is 10.4. The smallest absolute Gasteiger partial charge is 0.229 e. The van der Waals surface area contributed by atoms with E-state index in [4.69, 9.17) is 0 Å². The number of alkyl halides is 3. The van der Waals surface area contributed by atoms with Gasteiger partial charge in [-0.05, 0) is 64.5 Å². The van der Waals surface area contributed by atoms with Gasteiger partial charge in [0, 0.05) is 41.1 Å². The maximum absolute atomic E-state index is 13.2. The Morgan fingerprint density at radius 1 is 1.13 bits per heavy atom. The quantitative estimate of drug-likeness (QED) is 0.676. The van der Waals surface area contributed by atoms with Crippen molar-refractivity contribution >= 4 is 11.8 Å². The Hall–Kier alpha value is -0.770. The fourth-order valence-corrected chi connectivity index (χ4v) is 7.00. The highest BCUT2D eigenvalue weighted by molar-refractivity contribution is 8.00. The Balaban J connectivity index is 0.000000760. The van der Waals surface area contributed by atoms with Gasteiger partial charge in [0.2, 0.25) is 6.93 Å². The van der Waals surface area contributed by atoms with Crippen LogP contribution in [-0.4, -0.2) is 63.2 Å². The molecule has 1 aromatic rings. The number of halogens is 3. The fraction of sp³-hybridized carbons (Fsp3) is 0.864. The summed E-state index contributed by atoms with van der Waals surface area (Å²) in [6.45, 7) is 6.99. The van der Waals surface area contributed by atoms with Gasteiger partial charge >= 0.3 is 0 Å². The van der Waals surface area contributed by atoms with E-state index < -0.39 is 13.6 Å². The molecule has 2 aliphatic carbocycles. The first-order chi connectivity index (χ1) is 13.3. The number of fused-ring (bicyclic) bond motifs is 1. The maximum atomic E-state index is 13.2. The van der Waals surface area contributed by atoms with Crippen molar-refractivity contribution in [2.45, 2.75) is 71.6 Å². The Labute approximate surface area is 188 Å². The van der Waals surface area contributed by atoms with E-state index in [1.165, 1.54) is 49.6 Å². The van der Waals surface area contributed by atoms with Crippen molar-refractivity contribution in [1.29, 1.82) is 0 Å². The van der Waals surface area contributed by atoms with Gasteiger partial charge < -0.3 is 11.0 Å². The number of hydrogen-bond acceptors (Lipinski definition) is 3. The number of hydrogen-bond donors (Lipinski definition) is 0. The monoisotopic (exact) mass is 467 g/mol. The number of thioether (sulfide) groups is 1. The third kappa shape index (κ3) is 5.25. The zero-order valence-electron chi connectivity index (χ0n) is 18.1. The second-order valence-corrected chi connectivity index (χ2v) is 11.1. The van der Waals surface area contributed by atoms with Gasteiger partial charge in [-0.1, -0.05) is 7.43 Å². The molecule has 9 heteroatoms. The average Bonchev–Trinajstić information content (AvgIpc) is 3.10. The summed E-state index contributed by atoms with van der Waals surface area (Å²) >= 11 is 2.13. The van der Waals surface area contributed by atoms with Crippen LogP contribution in [-0.2, 0) is 12.2 Å². The summed E-state index contributed by atoms with van der Waals surface area (Å²) in [5, 5.41) is 4.55. The molecule has 0 amide bonds. The topological polar surface area (TPSA) is 84.1 Å². The van der Waals surface area contributed by atoms with Gasteiger partial charge in [-0.3, -0.25) is 9.58 Å². The van der Waals surface area contributed by atoms with Gasteiger partial charge in [0.15, 0.2) is 0 Å². The summed E-state index contributed by atoms with van der Waals surface area (Å²) < 4.78 is 34.5. The van der Waals surface area contributed by atoms with Gasteiger partial charge in [-0.15, -0.1) is 0 Å². The largest absolute Gasteiger partial charge is 0.412 e. The van der Waals surface area contributed by atoms with Crippen LogP contribution >= 0.6 is 11.8 Å². The van der Waals surface area contributed by atoms with Crippen molar-refractivity contribution in [3.8, 4) is 0 Å². The van der Waals surface area contributed by atoms with Gasteiger partial charge in [-0.25, -0.2) is 13.2 Å². The van der Waals surface area contributed by atoms with Crippen molar-refractivity contribution in [3.63, 3.8) is 0 Å². The molecule has 4 fully saturated rings. The van der Waals surface area contributed by atoms with Crippen LogP contribution in [0.5, 0.6) is 0 Å². The zero-order valence-corrected chi connectivity index (χ0v) is 19.0. The molecule has 5 rings (SSSR count). The third-order valence-electron chi connectivity index (χ3n) is 7.12. The summed E-state index contributed by atoms with van der Waals surface area (Å²) in [4.78, 5) is 2.80. The van der Waals surface area contributed by atoms with Gasteiger partial charge in [0.1, 0.15) is 6.67 Å². The standard InChI is InChI=1S/C20H30FN3S.CH2F2.CH4.2H2O/c1-19(2,3)24-17(6-13(9-21)22-24)18-15-7-14(8-16(15)18)23-5-4-20(10-23)11-25-12-20;2-1-3;;;/h6,14-16,18H,4-5,7-12H2,1-3H3;1H2;1H4;2*1H2/t14?,15-,16+,18?;;;;. The normalized spacial score (nSPS) is 30.1. The van der Waals surface area contributed by atoms with E-state index >= 15 is 0 Å². The molecule has 2 saturated carbocycles. The summed E-state index contributed by atoms with van der Waals surface area (Å²) in [6, 6.07) is 2.85. The molecule has 4 aliphatic rings. The minimum absolute atomic E-state index is 0. The highest BCUT2D eigenvalue weighted by atomic mass is 32.2. The maximum Gasteiger partial charge on any atom is 0.229 e. The van der Waals surface area contributed by atoms with Crippen LogP contribution in [0.4, 0.5) is 13.2 Å². The minimum atomic E-state index is -1.75. The Morgan fingerprint density at radius 3 is 2.13 bits per heavy atom. The van der Waals surface area contributed by atoms with Crippen LogP contribution < -0.4 is 0 Å². The van der Waals surface area contributed by atoms with E-state index in [9.17, 15) is 13.2 Å². The zero-order chi connectivity index (χ0) is 20.1. The Bertz CT molecular complexity index is 697. The van der Waals surface area contributed by atoms with Crippen molar-refractivity contribution in [3.05, 3.63) is 17.5 Å². The predicted molar refractivity (Wildman–Crippen MR) is 122 cm³/mol. The molecule has 0 radical (unpaired) electrons. The molecule has 1 aromatic heterocycles. The molecular formula is C22H40F3N3O2S. The number of nitrogens with zero attached hydrogens (tertiary/aromatic N) is 3. The molecule has 5 nitrogen and oxygen atoms in total. The number of rotatable bonds is 3. The summed E-state index contributed by atoms with van der Waals surface area (Å²) in [7, 11) is 0. The third-order valence-corrected chi connectivity index (χ3v) is 8.76. The lowest BCUT2D eigenvalue weighted by molar-refractivity contribution is 0.203. The first-order valence-corrected chi connectivity index (χ1v) is 11.6. The van der Waals surface area contributed by atoms with Crippen LogP contribution in [0.25, 0.3) is 0 Å². The van der Waals surface area contributed by atoms with Crippen LogP contribution in [0.3, 0.4) is 0 Å². The molecule has 2 aliphatic heterocycles. The van der Waals surface area contributed by atoms with E-state index in [2.05, 4.69) is 47.2 Å². The van der Waals surface area contributed by atoms with E-state index in [1.807, 2.05) is 6.07 Å². The lowest BCUT2D eigenvalue weighted by Gasteiger charge is -2.38. The molecule has 4 atom stereocenters. The molecular weight excluding hydrogens is 427 g/mol. The molecule has 2 saturated heterocycles. The lowest BCUT2D eigenvalue weighted by atomic mass is 9.91. The van der Waals surface area contributed by atoms with E-state index in [-0.39, 0.29) is 23.9 Å². The summed E-state index contributed by atoms with van der Waals surface area (Å²) in [6.07, 6.45) is 4.11. The number of likely N-dealkylation sites (tertiary alicyclic amines) is 1. The number of aromatic nitrogens is 2. The van der Waals surface area contributed by atoms with Crippen LogP contribution in [0.1, 0.15) is 64.8 Å². The molecule has 182 valence electrons. The first-order valence-electron chi connectivity index (χ1n) is 10.4. The van der Waals surface area contributed by atoms with Crippen LogP contribution in [0, 0.1) is 17.3 Å². The predicted octanol–water partition coefficient (Wildman–Crippen LogP) is 3.91. The fourth-order valence-electron chi connectivity index (χ4n) is 5.74. The van der Waals surface area contributed by atoms with E-state index in [0.29, 0.717) is 17.0 Å². The average molecular weight is 468 g/mol. The molecule has 4 N–H and O–H groups in total. The van der Waals surface area contributed by atoms with Gasteiger partial charge in [0.25, 0.3) is 0 Å².